The number of nitrogens with zero attached hydrogens (tertiary/aromatic N) is 1. The van der Waals surface area contributed by atoms with E-state index in [2.05, 4.69) is 5.32 Å². The second-order valence-corrected chi connectivity index (χ2v) is 6.55. The molecule has 1 aliphatic carbocycles. The van der Waals surface area contributed by atoms with Crippen LogP contribution in [0.25, 0.3) is 0 Å². The van der Waals surface area contributed by atoms with Gasteiger partial charge in [-0.25, -0.2) is 0 Å². The lowest BCUT2D eigenvalue weighted by atomic mass is 9.91. The van der Waals surface area contributed by atoms with Crippen molar-refractivity contribution in [3.63, 3.8) is 0 Å². The molecule has 1 saturated heterocycles. The summed E-state index contributed by atoms with van der Waals surface area (Å²) >= 11 is 0. The highest BCUT2D eigenvalue weighted by atomic mass is 16.3. The average Bonchev–Trinajstić information content (AvgIpc) is 3.19. The number of amides is 1. The van der Waals surface area contributed by atoms with E-state index in [9.17, 15) is 9.90 Å². The summed E-state index contributed by atoms with van der Waals surface area (Å²) in [6.07, 6.45) is 3.26. The Bertz CT molecular complexity index is 537. The number of aromatic hydroxyl groups is 1. The van der Waals surface area contributed by atoms with Crippen LogP contribution in [-0.2, 0) is 4.79 Å². The lowest BCUT2D eigenvalue weighted by Crippen LogP contribution is -2.35. The molecule has 1 aromatic rings. The van der Waals surface area contributed by atoms with Gasteiger partial charge in [-0.15, -0.1) is 0 Å². The zero-order chi connectivity index (χ0) is 15.0. The number of phenolic OH excluding ortho intramolecular Hbond substituents is 1. The first-order valence-corrected chi connectivity index (χ1v) is 7.80. The van der Waals surface area contributed by atoms with Gasteiger partial charge < -0.3 is 15.3 Å². The van der Waals surface area contributed by atoms with E-state index >= 15 is 0 Å². The number of rotatable bonds is 3. The molecule has 1 amide bonds. The van der Waals surface area contributed by atoms with Crippen molar-refractivity contribution in [2.24, 2.45) is 11.3 Å². The first kappa shape index (κ1) is 14.4. The van der Waals surface area contributed by atoms with Gasteiger partial charge in [0.1, 0.15) is 5.75 Å². The van der Waals surface area contributed by atoms with Crippen molar-refractivity contribution >= 4 is 5.91 Å². The molecule has 1 heterocycles. The van der Waals surface area contributed by atoms with Crippen LogP contribution >= 0.6 is 0 Å². The number of carbonyl (C=O) groups is 1. The molecule has 2 N–H and O–H groups in total. The topological polar surface area (TPSA) is 52.6 Å². The molecule has 4 nitrogen and oxygen atoms in total. The van der Waals surface area contributed by atoms with E-state index < -0.39 is 0 Å². The summed E-state index contributed by atoms with van der Waals surface area (Å²) in [6, 6.07) is 7.16. The van der Waals surface area contributed by atoms with Gasteiger partial charge in [-0.2, -0.15) is 0 Å². The molecular weight excluding hydrogens is 264 g/mol. The predicted molar refractivity (Wildman–Crippen MR) is 81.9 cm³/mol. The molecule has 0 bridgehead atoms. The van der Waals surface area contributed by atoms with Gasteiger partial charge in [0.2, 0.25) is 5.91 Å². The quantitative estimate of drug-likeness (QED) is 0.897. The van der Waals surface area contributed by atoms with Gasteiger partial charge in [-0.1, -0.05) is 18.2 Å². The van der Waals surface area contributed by atoms with Crippen LogP contribution in [0.1, 0.15) is 37.8 Å². The third-order valence-corrected chi connectivity index (χ3v) is 5.40. The van der Waals surface area contributed by atoms with E-state index in [4.69, 9.17) is 0 Å². The molecule has 2 fully saturated rings. The Balaban J connectivity index is 1.69. The van der Waals surface area contributed by atoms with Crippen molar-refractivity contribution in [2.75, 3.05) is 20.1 Å². The highest BCUT2D eigenvalue weighted by molar-refractivity contribution is 5.83. The Labute approximate surface area is 126 Å². The Hall–Kier alpha value is -1.55. The molecule has 1 aliphatic heterocycles. The molecule has 1 aromatic carbocycles. The van der Waals surface area contributed by atoms with Crippen LogP contribution in [0, 0.1) is 11.3 Å². The van der Waals surface area contributed by atoms with Gasteiger partial charge >= 0.3 is 0 Å². The van der Waals surface area contributed by atoms with Crippen molar-refractivity contribution in [1.29, 1.82) is 0 Å². The van der Waals surface area contributed by atoms with E-state index in [1.165, 1.54) is 0 Å². The summed E-state index contributed by atoms with van der Waals surface area (Å²) in [5.74, 6) is 0.669. The van der Waals surface area contributed by atoms with Gasteiger partial charge in [0, 0.05) is 18.5 Å². The Kier molecular flexibility index (Phi) is 3.66. The second-order valence-electron chi connectivity index (χ2n) is 6.55. The number of benzene rings is 1. The van der Waals surface area contributed by atoms with Crippen LogP contribution in [0.5, 0.6) is 5.75 Å². The van der Waals surface area contributed by atoms with Crippen LogP contribution in [0.3, 0.4) is 0 Å². The number of nitrogens with one attached hydrogen (secondary N) is 1. The lowest BCUT2D eigenvalue weighted by molar-refractivity contribution is -0.134. The SMILES string of the molecule is CC(c1ccccc1O)N(C)C(=O)C1CC12CCNCC2. The summed E-state index contributed by atoms with van der Waals surface area (Å²) in [6.45, 7) is 4.04. The molecule has 0 aromatic heterocycles. The minimum absolute atomic E-state index is 0.0990. The zero-order valence-corrected chi connectivity index (χ0v) is 12.8. The molecule has 1 spiro atoms. The highest BCUT2D eigenvalue weighted by Gasteiger charge is 2.58. The summed E-state index contributed by atoms with van der Waals surface area (Å²) in [7, 11) is 1.85. The summed E-state index contributed by atoms with van der Waals surface area (Å²) in [4.78, 5) is 14.5. The average molecular weight is 288 g/mol. The molecular formula is C17H24N2O2. The third-order valence-electron chi connectivity index (χ3n) is 5.40. The van der Waals surface area contributed by atoms with Crippen LogP contribution in [0.4, 0.5) is 0 Å². The van der Waals surface area contributed by atoms with E-state index in [0.717, 1.165) is 37.9 Å². The van der Waals surface area contributed by atoms with Crippen LogP contribution in [-0.4, -0.2) is 36.1 Å². The van der Waals surface area contributed by atoms with Crippen LogP contribution in [0.2, 0.25) is 0 Å². The monoisotopic (exact) mass is 288 g/mol. The molecule has 3 rings (SSSR count). The maximum atomic E-state index is 12.7. The van der Waals surface area contributed by atoms with E-state index in [-0.39, 0.29) is 29.0 Å². The van der Waals surface area contributed by atoms with Gasteiger partial charge in [-0.05, 0) is 50.8 Å². The summed E-state index contributed by atoms with van der Waals surface area (Å²) in [5, 5.41) is 13.3. The van der Waals surface area contributed by atoms with Crippen molar-refractivity contribution in [3.8, 4) is 5.75 Å². The fraction of sp³-hybridized carbons (Fsp3) is 0.588. The number of hydrogen-bond acceptors (Lipinski definition) is 3. The van der Waals surface area contributed by atoms with Crippen molar-refractivity contribution in [1.82, 2.24) is 10.2 Å². The van der Waals surface area contributed by atoms with Crippen LogP contribution in [0.15, 0.2) is 24.3 Å². The number of carbonyl (C=O) groups excluding carboxylic acids is 1. The molecule has 21 heavy (non-hydrogen) atoms. The number of para-hydroxylation sites is 1. The Morgan fingerprint density at radius 2 is 2.05 bits per heavy atom. The smallest absolute Gasteiger partial charge is 0.226 e. The van der Waals surface area contributed by atoms with Crippen molar-refractivity contribution in [2.45, 2.75) is 32.2 Å². The maximum Gasteiger partial charge on any atom is 0.226 e. The van der Waals surface area contributed by atoms with E-state index in [0.29, 0.717) is 0 Å². The van der Waals surface area contributed by atoms with Crippen molar-refractivity contribution in [3.05, 3.63) is 29.8 Å². The molecule has 4 heteroatoms. The number of hydrogen-bond donors (Lipinski definition) is 2. The molecule has 1 saturated carbocycles. The van der Waals surface area contributed by atoms with Gasteiger partial charge in [0.15, 0.2) is 0 Å². The normalized spacial score (nSPS) is 24.6. The zero-order valence-electron chi connectivity index (χ0n) is 12.8. The van der Waals surface area contributed by atoms with Crippen molar-refractivity contribution < 1.29 is 9.90 Å². The molecule has 2 unspecified atom stereocenters. The lowest BCUT2D eigenvalue weighted by Gasteiger charge is -2.29. The fourth-order valence-corrected chi connectivity index (χ4v) is 3.66. The van der Waals surface area contributed by atoms with E-state index in [1.54, 1.807) is 17.0 Å². The van der Waals surface area contributed by atoms with Crippen LogP contribution < -0.4 is 5.32 Å². The Morgan fingerprint density at radius 1 is 1.38 bits per heavy atom. The minimum Gasteiger partial charge on any atom is -0.508 e. The van der Waals surface area contributed by atoms with E-state index in [1.807, 2.05) is 26.1 Å². The molecule has 0 radical (unpaired) electrons. The second kappa shape index (κ2) is 5.34. The number of phenols is 1. The summed E-state index contributed by atoms with van der Waals surface area (Å²) < 4.78 is 0. The largest absolute Gasteiger partial charge is 0.508 e. The minimum atomic E-state index is -0.0990. The first-order valence-electron chi connectivity index (χ1n) is 7.80. The fourth-order valence-electron chi connectivity index (χ4n) is 3.66. The molecule has 2 aliphatic rings. The first-order chi connectivity index (χ1) is 10.1. The van der Waals surface area contributed by atoms with Gasteiger partial charge in [0.25, 0.3) is 0 Å². The molecule has 114 valence electrons. The Morgan fingerprint density at radius 3 is 2.71 bits per heavy atom. The summed E-state index contributed by atoms with van der Waals surface area (Å²) in [5.41, 5.74) is 1.07. The predicted octanol–water partition coefficient (Wildman–Crippen LogP) is 2.30. The van der Waals surface area contributed by atoms with Gasteiger partial charge in [0.05, 0.1) is 6.04 Å². The maximum absolute atomic E-state index is 12.7. The third kappa shape index (κ3) is 2.53. The number of piperidine rings is 1. The van der Waals surface area contributed by atoms with Gasteiger partial charge in [-0.3, -0.25) is 4.79 Å². The standard InChI is InChI=1S/C17H24N2O2/c1-12(13-5-3-4-6-15(13)20)19(2)16(21)14-11-17(14)7-9-18-10-8-17/h3-6,12,14,18,20H,7-11H2,1-2H3. The molecule has 2 atom stereocenters. The highest BCUT2D eigenvalue weighted by Crippen LogP contribution is 2.59.